The van der Waals surface area contributed by atoms with E-state index in [1.54, 1.807) is 0 Å². The molecule has 0 N–H and O–H groups in total. The van der Waals surface area contributed by atoms with Gasteiger partial charge in [-0.1, -0.05) is 18.7 Å². The summed E-state index contributed by atoms with van der Waals surface area (Å²) in [4.78, 5) is 0. The van der Waals surface area contributed by atoms with Gasteiger partial charge in [0.1, 0.15) is 0 Å². The summed E-state index contributed by atoms with van der Waals surface area (Å²) in [5.41, 5.74) is -2.35. The van der Waals surface area contributed by atoms with Crippen LogP contribution in [0.5, 0.6) is 0 Å². The van der Waals surface area contributed by atoms with Crippen LogP contribution >= 0.6 is 5.69 Å². The average molecular weight is 236 g/mol. The van der Waals surface area contributed by atoms with Gasteiger partial charge in [-0.3, -0.25) is 0 Å². The number of hydrogen-bond donors (Lipinski definition) is 0. The summed E-state index contributed by atoms with van der Waals surface area (Å²) in [5.74, 6) is 0. The Labute approximate surface area is 107 Å². The van der Waals surface area contributed by atoms with Crippen LogP contribution in [0.25, 0.3) is 0 Å². The largest absolute Gasteiger partial charge is 1.00 e. The maximum atomic E-state index is 5.35. The zero-order chi connectivity index (χ0) is 8.91. The molecule has 0 aliphatic heterocycles. The summed E-state index contributed by atoms with van der Waals surface area (Å²) >= 11 is 9.93. The summed E-state index contributed by atoms with van der Waals surface area (Å²) in [6.45, 7) is 6.39. The molecule has 0 saturated carbocycles. The molecule has 2 unspecified atom stereocenters. The van der Waals surface area contributed by atoms with Gasteiger partial charge in [0.2, 0.25) is 0 Å². The predicted molar refractivity (Wildman–Crippen MR) is 54.1 cm³/mol. The Morgan fingerprint density at radius 3 is 2.33 bits per heavy atom. The normalized spacial score (nSPS) is 17.7. The first-order chi connectivity index (χ1) is 5.02. The average Bonchev–Trinajstić information content (AvgIpc) is 1.86. The molecule has 12 heavy (non-hydrogen) atoms. The molecule has 2 nitrogen and oxygen atoms in total. The van der Waals surface area contributed by atoms with Crippen molar-refractivity contribution in [2.45, 2.75) is 33.3 Å². The molecule has 0 heterocycles. The van der Waals surface area contributed by atoms with Crippen LogP contribution in [-0.4, -0.2) is 12.7 Å². The quantitative estimate of drug-likeness (QED) is 0.367. The van der Waals surface area contributed by atoms with Crippen molar-refractivity contribution in [3.05, 3.63) is 0 Å². The minimum absolute atomic E-state index is 0. The van der Waals surface area contributed by atoms with Crippen molar-refractivity contribution in [3.63, 3.8) is 0 Å². The van der Waals surface area contributed by atoms with E-state index >= 15 is 0 Å². The van der Waals surface area contributed by atoms with E-state index in [4.69, 9.17) is 33.1 Å². The molecule has 0 rings (SSSR count). The van der Waals surface area contributed by atoms with Crippen molar-refractivity contribution in [1.29, 1.82) is 0 Å². The van der Waals surface area contributed by atoms with Gasteiger partial charge < -0.3 is 21.3 Å². The predicted octanol–water partition coefficient (Wildman–Crippen LogP) is -0.387. The van der Waals surface area contributed by atoms with Gasteiger partial charge in [0.15, 0.2) is 0 Å². The number of rotatable bonds is 5. The Morgan fingerprint density at radius 1 is 1.50 bits per heavy atom. The molecular weight excluding hydrogens is 222 g/mol. The first kappa shape index (κ1) is 16.4. The van der Waals surface area contributed by atoms with Crippen molar-refractivity contribution < 1.29 is 38.6 Å². The van der Waals surface area contributed by atoms with Crippen LogP contribution in [-0.2, 0) is 33.1 Å². The zero-order valence-corrected chi connectivity index (χ0v) is 12.6. The molecule has 0 saturated heterocycles. The second-order valence-electron chi connectivity index (χ2n) is 2.19. The molecule has 0 aliphatic carbocycles. The third-order valence-electron chi connectivity index (χ3n) is 1.17. The van der Waals surface area contributed by atoms with Gasteiger partial charge in [-0.2, -0.15) is 0 Å². The molecular formula is C6H14NaO2PS2. The molecule has 6 heteroatoms. The van der Waals surface area contributed by atoms with Crippen LogP contribution in [0.15, 0.2) is 0 Å². The molecule has 0 aromatic rings. The first-order valence-corrected chi connectivity index (χ1v) is 7.31. The van der Waals surface area contributed by atoms with Gasteiger partial charge >= 0.3 is 29.6 Å². The smallest absolute Gasteiger partial charge is 0.691 e. The monoisotopic (exact) mass is 236 g/mol. The molecule has 0 amide bonds. The van der Waals surface area contributed by atoms with Gasteiger partial charge in [0, 0.05) is 6.61 Å². The fourth-order valence-corrected chi connectivity index (χ4v) is 2.96. The van der Waals surface area contributed by atoms with Crippen molar-refractivity contribution in [3.8, 4) is 0 Å². The van der Waals surface area contributed by atoms with Gasteiger partial charge in [0.25, 0.3) is 0 Å². The molecule has 2 atom stereocenters. The van der Waals surface area contributed by atoms with E-state index in [2.05, 4.69) is 0 Å². The van der Waals surface area contributed by atoms with Crippen LogP contribution in [0, 0.1) is 0 Å². The van der Waals surface area contributed by atoms with Crippen molar-refractivity contribution in [2.24, 2.45) is 0 Å². The maximum Gasteiger partial charge on any atom is 1.00 e. The molecule has 0 radical (unpaired) electrons. The van der Waals surface area contributed by atoms with E-state index in [9.17, 15) is 0 Å². The van der Waals surface area contributed by atoms with Crippen molar-refractivity contribution in [2.75, 3.05) is 6.61 Å². The van der Waals surface area contributed by atoms with Crippen LogP contribution in [0.1, 0.15) is 27.2 Å². The molecule has 68 valence electrons. The van der Waals surface area contributed by atoms with Crippen LogP contribution in [0.4, 0.5) is 0 Å². The molecule has 0 bridgehead atoms. The standard InChI is InChI=1S/C6H15O2PS2.Na/c1-4-6(3)8-9(10,11)7-5-2;/h6H,4-5H2,1-3H3,(H,10,11);/q;+1/p-1. The van der Waals surface area contributed by atoms with Crippen LogP contribution in [0.2, 0.25) is 0 Å². The fourth-order valence-electron chi connectivity index (χ4n) is 0.483. The molecule has 0 spiro atoms. The summed E-state index contributed by atoms with van der Waals surface area (Å²) < 4.78 is 10.5. The topological polar surface area (TPSA) is 18.5 Å². The first-order valence-electron chi connectivity index (χ1n) is 3.65. The summed E-state index contributed by atoms with van der Waals surface area (Å²) in [7, 11) is 0. The Balaban J connectivity index is 0. The number of hydrogen-bond acceptors (Lipinski definition) is 4. The Bertz CT molecular complexity index is 156. The van der Waals surface area contributed by atoms with E-state index in [-0.39, 0.29) is 35.7 Å². The summed E-state index contributed by atoms with van der Waals surface area (Å²) in [6, 6.07) is 0. The van der Waals surface area contributed by atoms with E-state index in [1.165, 1.54) is 0 Å². The third kappa shape index (κ3) is 8.52. The second kappa shape index (κ2) is 8.25. The van der Waals surface area contributed by atoms with Crippen LogP contribution < -0.4 is 29.6 Å². The van der Waals surface area contributed by atoms with Crippen LogP contribution in [0.3, 0.4) is 0 Å². The summed E-state index contributed by atoms with van der Waals surface area (Å²) in [6.07, 6.45) is 1.03. The van der Waals surface area contributed by atoms with E-state index in [1.807, 2.05) is 20.8 Å². The Hall–Kier alpha value is 1.92. The molecule has 0 aromatic carbocycles. The molecule has 0 fully saturated rings. The second-order valence-corrected chi connectivity index (χ2v) is 7.13. The fraction of sp³-hybridized carbons (Fsp3) is 1.00. The maximum absolute atomic E-state index is 5.35. The third-order valence-corrected chi connectivity index (χ3v) is 3.51. The summed E-state index contributed by atoms with van der Waals surface area (Å²) in [5, 5.41) is 0. The van der Waals surface area contributed by atoms with Gasteiger partial charge in [0.05, 0.1) is 11.8 Å². The van der Waals surface area contributed by atoms with E-state index in [0.29, 0.717) is 6.61 Å². The van der Waals surface area contributed by atoms with Crippen molar-refractivity contribution in [1.82, 2.24) is 0 Å². The molecule has 0 aromatic heterocycles. The van der Waals surface area contributed by atoms with E-state index < -0.39 is 5.69 Å². The Kier molecular flexibility index (Phi) is 11.2. The van der Waals surface area contributed by atoms with Gasteiger partial charge in [-0.05, 0) is 20.3 Å². The minimum atomic E-state index is -2.35. The Morgan fingerprint density at radius 2 is 2.00 bits per heavy atom. The minimum Gasteiger partial charge on any atom is -0.691 e. The van der Waals surface area contributed by atoms with Gasteiger partial charge in [-0.25, -0.2) is 0 Å². The SMILES string of the molecule is CCOP(=S)([S-])OC(C)CC.[Na+]. The van der Waals surface area contributed by atoms with Gasteiger partial charge in [-0.15, -0.1) is 0 Å². The van der Waals surface area contributed by atoms with E-state index in [0.717, 1.165) is 6.42 Å². The van der Waals surface area contributed by atoms with Crippen molar-refractivity contribution >= 4 is 29.7 Å². The molecule has 0 aliphatic rings. The zero-order valence-electron chi connectivity index (χ0n) is 8.07.